The molecule has 2 aliphatic heterocycles. The molecule has 0 radical (unpaired) electrons. The van der Waals surface area contributed by atoms with Gasteiger partial charge in [0.25, 0.3) is 11.4 Å². The number of hydrogen-bond donors (Lipinski definition) is 1. The third kappa shape index (κ3) is 9.76. The number of piperazine rings is 2. The number of nitro benzene ring substituents is 2. The zero-order chi connectivity index (χ0) is 31.2. The molecule has 43 heavy (non-hydrogen) atoms. The maximum Gasteiger partial charge on any atom is 0.345 e. The maximum absolute atomic E-state index is 12.2. The Hall–Kier alpha value is -4.01. The minimum absolute atomic E-state index is 0. The smallest absolute Gasteiger partial charge is 0.345 e. The molecule has 2 aliphatic rings. The van der Waals surface area contributed by atoms with Crippen LogP contribution in [0, 0.1) is 20.2 Å². The van der Waals surface area contributed by atoms with E-state index in [1.807, 2.05) is 19.0 Å². The lowest BCUT2D eigenvalue weighted by Gasteiger charge is -2.34. The molecule has 0 amide bonds. The van der Waals surface area contributed by atoms with Gasteiger partial charge < -0.3 is 29.4 Å². The Morgan fingerprint density at radius 1 is 0.744 bits per heavy atom. The molecule has 4 rings (SSSR count). The molecule has 0 saturated carbocycles. The molecule has 15 heteroatoms. The van der Waals surface area contributed by atoms with Gasteiger partial charge in [-0.1, -0.05) is 0 Å². The fraction of sp³-hybridized carbons (Fsp3) is 0.500. The number of aromatic carboxylic acids is 1. The number of rotatable bonds is 6. The van der Waals surface area contributed by atoms with E-state index in [0.29, 0.717) is 5.69 Å². The molecule has 2 aromatic rings. The predicted octanol–water partition coefficient (Wildman–Crippen LogP) is 3.77. The molecule has 0 aromatic heterocycles. The predicted molar refractivity (Wildman–Crippen MR) is 165 cm³/mol. The summed E-state index contributed by atoms with van der Waals surface area (Å²) in [6, 6.07) is 8.96. The van der Waals surface area contributed by atoms with Crippen LogP contribution >= 0.6 is 12.4 Å². The third-order valence-electron chi connectivity index (χ3n) is 6.94. The van der Waals surface area contributed by atoms with Crippen molar-refractivity contribution >= 4 is 47.1 Å². The number of carboxylic acids is 1. The zero-order valence-corrected chi connectivity index (χ0v) is 25.8. The van der Waals surface area contributed by atoms with Gasteiger partial charge in [0.15, 0.2) is 0 Å². The van der Waals surface area contributed by atoms with Gasteiger partial charge in [-0.2, -0.15) is 0 Å². The van der Waals surface area contributed by atoms with Gasteiger partial charge in [-0.25, -0.2) is 9.59 Å². The summed E-state index contributed by atoms with van der Waals surface area (Å²) in [5.74, 6) is -1.95. The lowest BCUT2D eigenvalue weighted by atomic mass is 10.1. The Balaban J connectivity index is 0.000000298. The average molecular weight is 623 g/mol. The summed E-state index contributed by atoms with van der Waals surface area (Å²) in [5, 5.41) is 31.2. The number of anilines is 2. The van der Waals surface area contributed by atoms with E-state index in [0.717, 1.165) is 58.0 Å². The number of carboxylic acid groups (broad SMARTS) is 1. The molecule has 0 spiro atoms. The second kappa shape index (κ2) is 14.9. The topological polar surface area (TPSA) is 163 Å². The van der Waals surface area contributed by atoms with Gasteiger partial charge in [0.05, 0.1) is 9.85 Å². The Labute approximate surface area is 256 Å². The highest BCUT2D eigenvalue weighted by Crippen LogP contribution is 2.29. The van der Waals surface area contributed by atoms with E-state index in [2.05, 4.69) is 14.7 Å². The average Bonchev–Trinajstić information content (AvgIpc) is 2.92. The standard InChI is InChI=1S/C16H23N3O4.C12H15N3O4.ClH/c1-16(2,3)23-15(20)13-6-5-12(11-14(13)19(21)22)18-9-7-17(4)8-10-18;1-13-4-6-14(7-5-13)9-2-3-10(12(16)17)11(8-9)15(18)19;/h5-6,11H,7-10H2,1-4H3;2-3,8H,4-7H2,1H3,(H,16,17);1H. The lowest BCUT2D eigenvalue weighted by Crippen LogP contribution is -2.44. The first-order valence-electron chi connectivity index (χ1n) is 13.6. The summed E-state index contributed by atoms with van der Waals surface area (Å²) in [4.78, 5) is 52.7. The van der Waals surface area contributed by atoms with E-state index >= 15 is 0 Å². The molecule has 1 N–H and O–H groups in total. The van der Waals surface area contributed by atoms with Crippen molar-refractivity contribution in [3.05, 3.63) is 67.8 Å². The van der Waals surface area contributed by atoms with Crippen LogP contribution in [0.15, 0.2) is 36.4 Å². The van der Waals surface area contributed by atoms with E-state index < -0.39 is 27.4 Å². The Bertz CT molecular complexity index is 1320. The van der Waals surface area contributed by atoms with E-state index in [9.17, 15) is 29.8 Å². The monoisotopic (exact) mass is 622 g/mol. The number of carbonyl (C=O) groups is 2. The summed E-state index contributed by atoms with van der Waals surface area (Å²) < 4.78 is 5.25. The molecule has 2 fully saturated rings. The van der Waals surface area contributed by atoms with Crippen molar-refractivity contribution in [1.82, 2.24) is 9.80 Å². The quantitative estimate of drug-likeness (QED) is 0.282. The van der Waals surface area contributed by atoms with Crippen LogP contribution in [-0.4, -0.2) is 109 Å². The molecule has 0 bridgehead atoms. The molecule has 236 valence electrons. The van der Waals surface area contributed by atoms with Crippen molar-refractivity contribution in [1.29, 1.82) is 0 Å². The summed E-state index contributed by atoms with van der Waals surface area (Å²) in [6.45, 7) is 11.9. The number of nitro groups is 2. The van der Waals surface area contributed by atoms with Crippen molar-refractivity contribution in [3.8, 4) is 0 Å². The second-order valence-electron chi connectivity index (χ2n) is 11.3. The lowest BCUT2D eigenvalue weighted by molar-refractivity contribution is -0.385. The number of esters is 1. The Morgan fingerprint density at radius 2 is 1.12 bits per heavy atom. The highest BCUT2D eigenvalue weighted by atomic mass is 35.5. The summed E-state index contributed by atoms with van der Waals surface area (Å²) in [5.41, 5.74) is -0.0895. The van der Waals surface area contributed by atoms with Crippen LogP contribution in [0.4, 0.5) is 22.7 Å². The first-order chi connectivity index (χ1) is 19.7. The van der Waals surface area contributed by atoms with E-state index in [1.54, 1.807) is 32.9 Å². The molecule has 2 saturated heterocycles. The van der Waals surface area contributed by atoms with E-state index in [-0.39, 0.29) is 34.9 Å². The summed E-state index contributed by atoms with van der Waals surface area (Å²) in [7, 11) is 4.07. The molecule has 0 aliphatic carbocycles. The van der Waals surface area contributed by atoms with Crippen LogP contribution in [0.5, 0.6) is 0 Å². The van der Waals surface area contributed by atoms with Gasteiger partial charge >= 0.3 is 11.9 Å². The van der Waals surface area contributed by atoms with Crippen LogP contribution in [-0.2, 0) is 4.74 Å². The summed E-state index contributed by atoms with van der Waals surface area (Å²) >= 11 is 0. The molecule has 14 nitrogen and oxygen atoms in total. The number of halogens is 1. The van der Waals surface area contributed by atoms with Gasteiger partial charge in [0, 0.05) is 75.9 Å². The number of hydrogen-bond acceptors (Lipinski definition) is 11. The number of ether oxygens (including phenoxy) is 1. The molecule has 0 atom stereocenters. The molecule has 2 aromatic carbocycles. The van der Waals surface area contributed by atoms with Crippen LogP contribution in [0.2, 0.25) is 0 Å². The summed E-state index contributed by atoms with van der Waals surface area (Å²) in [6.07, 6.45) is 0. The van der Waals surface area contributed by atoms with E-state index in [4.69, 9.17) is 9.84 Å². The van der Waals surface area contributed by atoms with Crippen molar-refractivity contribution < 1.29 is 29.3 Å². The van der Waals surface area contributed by atoms with Crippen molar-refractivity contribution in [2.45, 2.75) is 26.4 Å². The molecule has 2 heterocycles. The fourth-order valence-corrected chi connectivity index (χ4v) is 4.55. The van der Waals surface area contributed by atoms with Crippen LogP contribution in [0.1, 0.15) is 41.5 Å². The van der Waals surface area contributed by atoms with Crippen LogP contribution < -0.4 is 9.80 Å². The second-order valence-corrected chi connectivity index (χ2v) is 11.3. The number of nitrogens with zero attached hydrogens (tertiary/aromatic N) is 6. The van der Waals surface area contributed by atoms with E-state index in [1.165, 1.54) is 24.3 Å². The van der Waals surface area contributed by atoms with Gasteiger partial charge in [0.2, 0.25) is 0 Å². The normalized spacial score (nSPS) is 15.9. The third-order valence-corrected chi connectivity index (χ3v) is 6.94. The van der Waals surface area contributed by atoms with Crippen molar-refractivity contribution in [2.75, 3.05) is 76.3 Å². The number of likely N-dealkylation sites (N-methyl/N-ethyl adjacent to an activating group) is 2. The number of benzene rings is 2. The van der Waals surface area contributed by atoms with Crippen LogP contribution in [0.3, 0.4) is 0 Å². The van der Waals surface area contributed by atoms with Gasteiger partial charge in [-0.15, -0.1) is 12.4 Å². The van der Waals surface area contributed by atoms with Gasteiger partial charge in [0.1, 0.15) is 16.7 Å². The Morgan fingerprint density at radius 3 is 1.47 bits per heavy atom. The molecular weight excluding hydrogens is 584 g/mol. The molecular formula is C28H39ClN6O8. The SMILES string of the molecule is CN1CCN(c2ccc(C(=O)O)c([N+](=O)[O-])c2)CC1.CN1CCN(c2ccc(C(=O)OC(C)(C)C)c([N+](=O)[O-])c2)CC1.Cl. The van der Waals surface area contributed by atoms with Gasteiger partial charge in [-0.05, 0) is 59.1 Å². The zero-order valence-electron chi connectivity index (χ0n) is 25.0. The minimum Gasteiger partial charge on any atom is -0.477 e. The minimum atomic E-state index is -1.28. The first kappa shape index (κ1) is 35.2. The maximum atomic E-state index is 12.2. The number of carbonyl (C=O) groups excluding carboxylic acids is 1. The largest absolute Gasteiger partial charge is 0.477 e. The van der Waals surface area contributed by atoms with Crippen molar-refractivity contribution in [2.24, 2.45) is 0 Å². The fourth-order valence-electron chi connectivity index (χ4n) is 4.55. The highest BCUT2D eigenvalue weighted by Gasteiger charge is 2.27. The van der Waals surface area contributed by atoms with Crippen LogP contribution in [0.25, 0.3) is 0 Å². The molecule has 0 unspecified atom stereocenters. The highest BCUT2D eigenvalue weighted by molar-refractivity contribution is 5.95. The van der Waals surface area contributed by atoms with Crippen molar-refractivity contribution in [3.63, 3.8) is 0 Å². The van der Waals surface area contributed by atoms with Gasteiger partial charge in [-0.3, -0.25) is 20.2 Å². The first-order valence-corrected chi connectivity index (χ1v) is 13.6. The Kier molecular flexibility index (Phi) is 12.2.